The largest absolute Gasteiger partial charge is 0.494 e. The van der Waals surface area contributed by atoms with E-state index in [4.69, 9.17) is 18.8 Å². The fourth-order valence-electron chi connectivity index (χ4n) is 10.8. The number of hydrogen-bond donors (Lipinski definition) is 3. The number of aromatic nitrogens is 6. The second-order valence-corrected chi connectivity index (χ2v) is 21.9. The molecule has 0 saturated carbocycles. The molecule has 6 aromatic rings. The normalized spacial score (nSPS) is 19.3. The van der Waals surface area contributed by atoms with Crippen molar-refractivity contribution >= 4 is 98.0 Å². The van der Waals surface area contributed by atoms with Crippen molar-refractivity contribution in [3.8, 4) is 16.9 Å². The number of halogens is 1. The van der Waals surface area contributed by atoms with Crippen LogP contribution < -0.4 is 35.8 Å². The van der Waals surface area contributed by atoms with Crippen molar-refractivity contribution in [1.82, 2.24) is 49.7 Å². The Morgan fingerprint density at radius 3 is 2.23 bits per heavy atom. The number of benzene rings is 3. The molecular formula is C50H54BrN14O8P. The van der Waals surface area contributed by atoms with Gasteiger partial charge in [-0.2, -0.15) is 10.1 Å². The zero-order chi connectivity index (χ0) is 51.4. The molecule has 11 rings (SSSR count). The van der Waals surface area contributed by atoms with Crippen molar-refractivity contribution in [2.24, 2.45) is 7.05 Å². The van der Waals surface area contributed by atoms with Crippen LogP contribution >= 0.6 is 23.5 Å². The monoisotopic (exact) mass is 1090 g/mol. The number of methoxy groups -OCH3 is 1. The molecule has 5 aliphatic heterocycles. The first kappa shape index (κ1) is 49.3. The van der Waals surface area contributed by atoms with Gasteiger partial charge < -0.3 is 34.2 Å². The van der Waals surface area contributed by atoms with Gasteiger partial charge in [-0.15, -0.1) is 0 Å². The first-order valence-electron chi connectivity index (χ1n) is 24.4. The highest BCUT2D eigenvalue weighted by Crippen LogP contribution is 2.49. The Hall–Kier alpha value is -6.88. The summed E-state index contributed by atoms with van der Waals surface area (Å²) in [6.45, 7) is 7.14. The lowest BCUT2D eigenvalue weighted by Gasteiger charge is -2.52. The van der Waals surface area contributed by atoms with Crippen LogP contribution in [0.3, 0.4) is 0 Å². The van der Waals surface area contributed by atoms with E-state index in [2.05, 4.69) is 77.6 Å². The quantitative estimate of drug-likeness (QED) is 0.0955. The summed E-state index contributed by atoms with van der Waals surface area (Å²) < 4.78 is 33.1. The molecule has 1 unspecified atom stereocenters. The number of fused-ring (bicyclic) bond motifs is 2. The second-order valence-electron chi connectivity index (χ2n) is 18.9. The molecule has 4 saturated heterocycles. The molecule has 1 atom stereocenters. The van der Waals surface area contributed by atoms with Gasteiger partial charge >= 0.3 is 7.60 Å². The molecule has 5 aliphatic rings. The zero-order valence-electron chi connectivity index (χ0n) is 41.2. The average Bonchev–Trinajstić information content (AvgIpc) is 3.95. The number of ether oxygens (including phenoxy) is 1. The van der Waals surface area contributed by atoms with Crippen LogP contribution in [0.15, 0.2) is 77.9 Å². The molecule has 74 heavy (non-hydrogen) atoms. The highest BCUT2D eigenvalue weighted by Gasteiger charge is 2.45. The van der Waals surface area contributed by atoms with E-state index in [9.17, 15) is 23.7 Å². The fourth-order valence-corrected chi connectivity index (χ4v) is 12.5. The third-order valence-electron chi connectivity index (χ3n) is 14.8. The van der Waals surface area contributed by atoms with Gasteiger partial charge in [0.25, 0.3) is 11.8 Å². The lowest BCUT2D eigenvalue weighted by Crippen LogP contribution is -2.66. The smallest absolute Gasteiger partial charge is 0.365 e. The highest BCUT2D eigenvalue weighted by molar-refractivity contribution is 9.10. The lowest BCUT2D eigenvalue weighted by molar-refractivity contribution is -0.136. The Bertz CT molecular complexity index is 3260. The summed E-state index contributed by atoms with van der Waals surface area (Å²) in [6.07, 6.45) is 10.7. The molecule has 0 radical (unpaired) electrons. The van der Waals surface area contributed by atoms with Crippen molar-refractivity contribution in [1.29, 1.82) is 0 Å². The second kappa shape index (κ2) is 20.1. The number of piperazine rings is 1. The molecule has 384 valence electrons. The number of anilines is 6. The van der Waals surface area contributed by atoms with Gasteiger partial charge in [0.15, 0.2) is 0 Å². The van der Waals surface area contributed by atoms with Crippen LogP contribution in [0.2, 0.25) is 0 Å². The number of imide groups is 2. The Labute approximate surface area is 434 Å². The zero-order valence-corrected chi connectivity index (χ0v) is 43.6. The van der Waals surface area contributed by atoms with Crippen LogP contribution in [-0.2, 0) is 30.2 Å². The minimum Gasteiger partial charge on any atom is -0.494 e. The summed E-state index contributed by atoms with van der Waals surface area (Å²) in [7, 11) is 2.35. The van der Waals surface area contributed by atoms with Gasteiger partial charge in [-0.05, 0) is 71.6 Å². The van der Waals surface area contributed by atoms with Crippen LogP contribution in [0.4, 0.5) is 34.5 Å². The number of amides is 4. The first-order valence-corrected chi connectivity index (χ1v) is 26.7. The van der Waals surface area contributed by atoms with E-state index in [-0.39, 0.29) is 24.1 Å². The molecule has 22 nitrogen and oxygen atoms in total. The minimum atomic E-state index is -3.83. The van der Waals surface area contributed by atoms with Crippen LogP contribution in [0, 0.1) is 0 Å². The van der Waals surface area contributed by atoms with Crippen LogP contribution in [0.25, 0.3) is 22.2 Å². The van der Waals surface area contributed by atoms with Gasteiger partial charge in [0.2, 0.25) is 17.8 Å². The van der Waals surface area contributed by atoms with Crippen LogP contribution in [0.5, 0.6) is 5.75 Å². The Kier molecular flexibility index (Phi) is 13.4. The van der Waals surface area contributed by atoms with E-state index in [0.29, 0.717) is 61.7 Å². The average molecular weight is 1090 g/mol. The van der Waals surface area contributed by atoms with E-state index in [1.807, 2.05) is 31.6 Å². The molecule has 4 amide bonds. The topological polar surface area (TPSA) is 235 Å². The number of hydrogen-bond acceptors (Lipinski definition) is 19. The molecule has 8 heterocycles. The van der Waals surface area contributed by atoms with E-state index >= 15 is 0 Å². The molecule has 0 aliphatic carbocycles. The Balaban J connectivity index is 0.731. The van der Waals surface area contributed by atoms with Gasteiger partial charge in [0.1, 0.15) is 28.4 Å². The highest BCUT2D eigenvalue weighted by atomic mass is 79.9. The van der Waals surface area contributed by atoms with Crippen LogP contribution in [-0.4, -0.2) is 160 Å². The third kappa shape index (κ3) is 9.14. The van der Waals surface area contributed by atoms with Crippen LogP contribution in [0.1, 0.15) is 46.4 Å². The lowest BCUT2D eigenvalue weighted by atomic mass is 9.95. The van der Waals surface area contributed by atoms with E-state index < -0.39 is 37.3 Å². The molecule has 0 spiro atoms. The number of carbonyl (C=O) groups is 4. The molecule has 3 N–H and O–H groups in total. The van der Waals surface area contributed by atoms with Gasteiger partial charge in [-0.3, -0.25) is 58.4 Å². The number of nitrogens with one attached hydrogen (secondary N) is 3. The minimum absolute atomic E-state index is 0.0833. The fraction of sp³-hybridized carbons (Fsp3) is 0.380. The summed E-state index contributed by atoms with van der Waals surface area (Å²) in [5.74, 6) is -0.741. The number of likely N-dealkylation sites (tertiary alicyclic amines) is 1. The van der Waals surface area contributed by atoms with Gasteiger partial charge in [-0.1, -0.05) is 0 Å². The van der Waals surface area contributed by atoms with Crippen molar-refractivity contribution in [2.75, 3.05) is 94.1 Å². The number of rotatable bonds is 14. The number of aryl methyl sites for hydroxylation is 1. The molecule has 3 aromatic heterocycles. The van der Waals surface area contributed by atoms with Gasteiger partial charge in [0.05, 0.1) is 45.8 Å². The van der Waals surface area contributed by atoms with E-state index in [0.717, 1.165) is 92.6 Å². The maximum Gasteiger partial charge on any atom is 0.365 e. The number of nitrogens with zero attached hydrogens (tertiary/aromatic N) is 11. The number of piperidine rings is 2. The summed E-state index contributed by atoms with van der Waals surface area (Å²) in [4.78, 5) is 80.1. The molecule has 3 aromatic carbocycles. The molecule has 0 bridgehead atoms. The maximum absolute atomic E-state index is 13.9. The Morgan fingerprint density at radius 2 is 1.51 bits per heavy atom. The van der Waals surface area contributed by atoms with Crippen molar-refractivity contribution < 1.29 is 37.5 Å². The third-order valence-corrected chi connectivity index (χ3v) is 17.3. The summed E-state index contributed by atoms with van der Waals surface area (Å²) in [5.41, 5.74) is 6.36. The van der Waals surface area contributed by atoms with Gasteiger partial charge in [-0.25, -0.2) is 4.98 Å². The SMILES string of the molecule is COc1cc(N2CCN(C3CN(C4CCN(c5ccc6c(c5)C(=O)N(C5CCC(=O)NC5=O)C6=O)CC4)C3)CC2)c(-c2cnn(C)c2)cc1Nc1ncc(Br)c(Nc2ccc3nccnc3c2P(=O)(OC)OC)n1. The number of carbonyl (C=O) groups excluding carboxylic acids is 4. The summed E-state index contributed by atoms with van der Waals surface area (Å²) in [5, 5.41) is 13.7. The maximum atomic E-state index is 13.9. The van der Waals surface area contributed by atoms with Crippen molar-refractivity contribution in [2.45, 2.75) is 43.8 Å². The standard InChI is InChI=1S/C50H54BrN14O8P/c1-60-26-29(24-55-60)34-22-39(57-50-54-25-36(51)46(59-50)56-38-8-7-37-44(53-14-13-52-37)45(38)74(70,72-3)73-4)42(71-2)23-41(34)63-19-17-62(18-20-63)32-27-64(28-32)30-11-15-61(16-12-30)31-5-6-33-35(21-31)49(69)65(48(33)68)40-9-10-43(66)58-47(40)67/h5-8,13-14,21-26,30,32,40H,9-12,15-20,27-28H2,1-4H3,(H,58,66,67)(H2,54,56,57,59). The van der Waals surface area contributed by atoms with E-state index in [1.165, 1.54) is 20.4 Å². The van der Waals surface area contributed by atoms with E-state index in [1.54, 1.807) is 48.5 Å². The summed E-state index contributed by atoms with van der Waals surface area (Å²) >= 11 is 3.58. The Morgan fingerprint density at radius 1 is 0.757 bits per heavy atom. The van der Waals surface area contributed by atoms with Gasteiger partial charge in [0, 0.05) is 145 Å². The molecule has 24 heteroatoms. The summed E-state index contributed by atoms with van der Waals surface area (Å²) in [6, 6.07) is 12.9. The molecular weight excluding hydrogens is 1040 g/mol. The van der Waals surface area contributed by atoms with Crippen molar-refractivity contribution in [3.05, 3.63) is 89.0 Å². The molecule has 4 fully saturated rings. The first-order chi connectivity index (χ1) is 35.8. The van der Waals surface area contributed by atoms with Crippen molar-refractivity contribution in [3.63, 3.8) is 0 Å². The predicted molar refractivity (Wildman–Crippen MR) is 280 cm³/mol. The predicted octanol–water partition coefficient (Wildman–Crippen LogP) is 5.07.